The molecule has 1 atom stereocenters. The van der Waals surface area contributed by atoms with Crippen molar-refractivity contribution in [1.29, 1.82) is 0 Å². The van der Waals surface area contributed by atoms with Gasteiger partial charge in [0.1, 0.15) is 17.3 Å². The summed E-state index contributed by atoms with van der Waals surface area (Å²) in [6, 6.07) is 19.8. The zero-order chi connectivity index (χ0) is 19.9. The molecule has 0 fully saturated rings. The molecule has 146 valence electrons. The SMILES string of the molecule is COc1ccc(CN(Cc2ccc(OC)cc2)c2ncccc2C(C)O)cc1. The minimum atomic E-state index is -0.599. The Kier molecular flexibility index (Phi) is 6.50. The van der Waals surface area contributed by atoms with Crippen LogP contribution in [0.1, 0.15) is 29.7 Å². The highest BCUT2D eigenvalue weighted by atomic mass is 16.5. The third-order valence-electron chi connectivity index (χ3n) is 4.63. The normalized spacial score (nSPS) is 11.7. The summed E-state index contributed by atoms with van der Waals surface area (Å²) in [7, 11) is 3.32. The number of pyridine rings is 1. The van der Waals surface area contributed by atoms with Gasteiger partial charge >= 0.3 is 0 Å². The van der Waals surface area contributed by atoms with Gasteiger partial charge in [0, 0.05) is 24.8 Å². The first kappa shape index (κ1) is 19.7. The van der Waals surface area contributed by atoms with E-state index in [4.69, 9.17) is 9.47 Å². The van der Waals surface area contributed by atoms with Crippen LogP contribution in [0.3, 0.4) is 0 Å². The van der Waals surface area contributed by atoms with Gasteiger partial charge in [-0.1, -0.05) is 30.3 Å². The first-order valence-corrected chi connectivity index (χ1v) is 9.24. The highest BCUT2D eigenvalue weighted by Gasteiger charge is 2.17. The fourth-order valence-corrected chi connectivity index (χ4v) is 3.11. The topological polar surface area (TPSA) is 54.8 Å². The smallest absolute Gasteiger partial charge is 0.134 e. The lowest BCUT2D eigenvalue weighted by atomic mass is 10.1. The van der Waals surface area contributed by atoms with Crippen LogP contribution in [0.4, 0.5) is 5.82 Å². The highest BCUT2D eigenvalue weighted by molar-refractivity contribution is 5.49. The Balaban J connectivity index is 1.92. The summed E-state index contributed by atoms with van der Waals surface area (Å²) in [4.78, 5) is 6.75. The predicted octanol–water partition coefficient (Wildman–Crippen LogP) is 4.36. The van der Waals surface area contributed by atoms with Gasteiger partial charge in [-0.15, -0.1) is 0 Å². The van der Waals surface area contributed by atoms with Crippen LogP contribution in [0.2, 0.25) is 0 Å². The highest BCUT2D eigenvalue weighted by Crippen LogP contribution is 2.27. The number of ether oxygens (including phenoxy) is 2. The van der Waals surface area contributed by atoms with E-state index in [1.807, 2.05) is 60.7 Å². The van der Waals surface area contributed by atoms with Crippen molar-refractivity contribution in [3.8, 4) is 11.5 Å². The Morgan fingerprint density at radius 3 is 1.79 bits per heavy atom. The lowest BCUT2D eigenvalue weighted by Crippen LogP contribution is -2.25. The van der Waals surface area contributed by atoms with Crippen LogP contribution in [0.15, 0.2) is 66.9 Å². The number of benzene rings is 2. The quantitative estimate of drug-likeness (QED) is 0.631. The average Bonchev–Trinajstić information content (AvgIpc) is 2.74. The number of aliphatic hydroxyl groups is 1. The van der Waals surface area contributed by atoms with Crippen LogP contribution in [-0.2, 0) is 13.1 Å². The van der Waals surface area contributed by atoms with E-state index in [0.717, 1.165) is 34.0 Å². The van der Waals surface area contributed by atoms with Crippen LogP contribution in [0.25, 0.3) is 0 Å². The van der Waals surface area contributed by atoms with Gasteiger partial charge < -0.3 is 19.5 Å². The maximum Gasteiger partial charge on any atom is 0.134 e. The number of aliphatic hydroxyl groups excluding tert-OH is 1. The van der Waals surface area contributed by atoms with Crippen molar-refractivity contribution in [3.63, 3.8) is 0 Å². The van der Waals surface area contributed by atoms with Crippen molar-refractivity contribution in [2.45, 2.75) is 26.1 Å². The molecule has 3 aromatic rings. The zero-order valence-electron chi connectivity index (χ0n) is 16.5. The predicted molar refractivity (Wildman–Crippen MR) is 111 cm³/mol. The molecule has 3 rings (SSSR count). The van der Waals surface area contributed by atoms with Gasteiger partial charge in [-0.25, -0.2) is 4.98 Å². The van der Waals surface area contributed by atoms with Crippen molar-refractivity contribution in [2.24, 2.45) is 0 Å². The third-order valence-corrected chi connectivity index (χ3v) is 4.63. The Labute approximate surface area is 166 Å². The first-order valence-electron chi connectivity index (χ1n) is 9.24. The van der Waals surface area contributed by atoms with Crippen molar-refractivity contribution in [1.82, 2.24) is 4.98 Å². The molecule has 0 aliphatic heterocycles. The second-order valence-corrected chi connectivity index (χ2v) is 6.64. The Morgan fingerprint density at radius 2 is 1.36 bits per heavy atom. The maximum absolute atomic E-state index is 10.2. The number of hydrogen-bond donors (Lipinski definition) is 1. The largest absolute Gasteiger partial charge is 0.497 e. The Hall–Kier alpha value is -3.05. The number of anilines is 1. The molecule has 2 aromatic carbocycles. The van der Waals surface area contributed by atoms with Crippen molar-refractivity contribution in [2.75, 3.05) is 19.1 Å². The van der Waals surface area contributed by atoms with Crippen LogP contribution < -0.4 is 14.4 Å². The summed E-state index contributed by atoms with van der Waals surface area (Å²) in [5, 5.41) is 10.2. The molecule has 1 aromatic heterocycles. The van der Waals surface area contributed by atoms with E-state index in [1.54, 1.807) is 27.3 Å². The number of hydrogen-bond acceptors (Lipinski definition) is 5. The molecule has 5 nitrogen and oxygen atoms in total. The maximum atomic E-state index is 10.2. The van der Waals surface area contributed by atoms with E-state index in [2.05, 4.69) is 9.88 Å². The molecule has 0 radical (unpaired) electrons. The van der Waals surface area contributed by atoms with E-state index in [0.29, 0.717) is 13.1 Å². The summed E-state index contributed by atoms with van der Waals surface area (Å²) in [5.74, 6) is 2.44. The second kappa shape index (κ2) is 9.24. The number of nitrogens with zero attached hydrogens (tertiary/aromatic N) is 2. The molecule has 0 bridgehead atoms. The summed E-state index contributed by atoms with van der Waals surface area (Å²) in [6.07, 6.45) is 1.16. The summed E-state index contributed by atoms with van der Waals surface area (Å²) in [6.45, 7) is 3.08. The Bertz CT molecular complexity index is 828. The van der Waals surface area contributed by atoms with Gasteiger partial charge in [0.15, 0.2) is 0 Å². The van der Waals surface area contributed by atoms with E-state index < -0.39 is 6.10 Å². The third kappa shape index (κ3) is 4.81. The average molecular weight is 378 g/mol. The standard InChI is InChI=1S/C23H26N2O3/c1-17(26)22-5-4-14-24-23(22)25(15-18-6-10-20(27-2)11-7-18)16-19-8-12-21(28-3)13-9-19/h4-14,17,26H,15-16H2,1-3H3. The second-order valence-electron chi connectivity index (χ2n) is 6.64. The van der Waals surface area contributed by atoms with Gasteiger partial charge in [0.2, 0.25) is 0 Å². The summed E-state index contributed by atoms with van der Waals surface area (Å²) >= 11 is 0. The minimum absolute atomic E-state index is 0.599. The summed E-state index contributed by atoms with van der Waals surface area (Å²) in [5.41, 5.74) is 3.08. The van der Waals surface area contributed by atoms with Gasteiger partial charge in [-0.05, 0) is 48.4 Å². The molecular formula is C23H26N2O3. The van der Waals surface area contributed by atoms with E-state index >= 15 is 0 Å². The molecule has 1 unspecified atom stereocenters. The van der Waals surface area contributed by atoms with Crippen molar-refractivity contribution < 1.29 is 14.6 Å². The van der Waals surface area contributed by atoms with Gasteiger partial charge in [-0.2, -0.15) is 0 Å². The number of aromatic nitrogens is 1. The number of methoxy groups -OCH3 is 2. The molecular weight excluding hydrogens is 352 g/mol. The van der Waals surface area contributed by atoms with Gasteiger partial charge in [-0.3, -0.25) is 0 Å². The van der Waals surface area contributed by atoms with E-state index in [1.165, 1.54) is 0 Å². The Morgan fingerprint density at radius 1 is 0.857 bits per heavy atom. The number of rotatable bonds is 8. The molecule has 5 heteroatoms. The van der Waals surface area contributed by atoms with Crippen molar-refractivity contribution in [3.05, 3.63) is 83.6 Å². The molecule has 1 N–H and O–H groups in total. The minimum Gasteiger partial charge on any atom is -0.497 e. The fraction of sp³-hybridized carbons (Fsp3) is 0.261. The fourth-order valence-electron chi connectivity index (χ4n) is 3.11. The first-order chi connectivity index (χ1) is 13.6. The lowest BCUT2D eigenvalue weighted by molar-refractivity contribution is 0.199. The summed E-state index contributed by atoms with van der Waals surface area (Å²) < 4.78 is 10.5. The lowest BCUT2D eigenvalue weighted by Gasteiger charge is -2.27. The van der Waals surface area contributed by atoms with Crippen LogP contribution in [-0.4, -0.2) is 24.3 Å². The molecule has 0 saturated heterocycles. The van der Waals surface area contributed by atoms with Crippen LogP contribution in [0, 0.1) is 0 Å². The van der Waals surface area contributed by atoms with Crippen LogP contribution in [0.5, 0.6) is 11.5 Å². The zero-order valence-corrected chi connectivity index (χ0v) is 16.5. The van der Waals surface area contributed by atoms with E-state index in [9.17, 15) is 5.11 Å². The van der Waals surface area contributed by atoms with Crippen LogP contribution >= 0.6 is 0 Å². The molecule has 1 heterocycles. The molecule has 28 heavy (non-hydrogen) atoms. The monoisotopic (exact) mass is 378 g/mol. The van der Waals surface area contributed by atoms with Gasteiger partial charge in [0.25, 0.3) is 0 Å². The van der Waals surface area contributed by atoms with Crippen molar-refractivity contribution >= 4 is 5.82 Å². The van der Waals surface area contributed by atoms with E-state index in [-0.39, 0.29) is 0 Å². The van der Waals surface area contributed by atoms with Gasteiger partial charge in [0.05, 0.1) is 20.3 Å². The molecule has 0 aliphatic carbocycles. The molecule has 0 amide bonds. The molecule has 0 saturated carbocycles. The molecule has 0 aliphatic rings. The molecule has 0 spiro atoms.